The summed E-state index contributed by atoms with van der Waals surface area (Å²) in [5.74, 6) is -0.881. The summed E-state index contributed by atoms with van der Waals surface area (Å²) in [6.45, 7) is 0.0389. The van der Waals surface area contributed by atoms with E-state index in [2.05, 4.69) is 5.32 Å². The second-order valence-electron chi connectivity index (χ2n) is 6.61. The maximum Gasteiger partial charge on any atom is 0.418 e. The molecule has 0 spiro atoms. The van der Waals surface area contributed by atoms with Crippen molar-refractivity contribution in [3.63, 3.8) is 0 Å². The quantitative estimate of drug-likeness (QED) is 0.497. The van der Waals surface area contributed by atoms with Crippen LogP contribution in [-0.4, -0.2) is 36.9 Å². The molecule has 0 bridgehead atoms. The molecule has 1 N–H and O–H groups in total. The predicted octanol–water partition coefficient (Wildman–Crippen LogP) is 4.77. The van der Waals surface area contributed by atoms with Crippen LogP contribution in [0.4, 0.5) is 18.9 Å². The molecule has 2 aromatic rings. The Bertz CT molecular complexity index is 898. The number of esters is 1. The molecule has 0 aromatic heterocycles. The van der Waals surface area contributed by atoms with Gasteiger partial charge in [-0.3, -0.25) is 4.79 Å². The number of nitrogens with one attached hydrogen (secondary N) is 1. The smallest absolute Gasteiger partial charge is 0.418 e. The first-order valence-electron chi connectivity index (χ1n) is 9.31. The number of benzene rings is 2. The summed E-state index contributed by atoms with van der Waals surface area (Å²) in [5, 5.41) is 2.14. The Labute approximate surface area is 175 Å². The molecule has 1 saturated heterocycles. The van der Waals surface area contributed by atoms with Crippen molar-refractivity contribution < 1.29 is 32.2 Å². The number of anilines is 1. The molecule has 1 atom stereocenters. The molecule has 0 radical (unpaired) electrons. The van der Waals surface area contributed by atoms with E-state index in [1.54, 1.807) is 24.3 Å². The molecule has 2 aromatic carbocycles. The Balaban J connectivity index is 1.58. The number of ether oxygens (including phenoxy) is 2. The zero-order valence-corrected chi connectivity index (χ0v) is 16.7. The van der Waals surface area contributed by atoms with Gasteiger partial charge in [0, 0.05) is 17.3 Å². The first-order chi connectivity index (χ1) is 14.3. The molecule has 9 heteroatoms. The lowest BCUT2D eigenvalue weighted by Crippen LogP contribution is -2.23. The Morgan fingerprint density at radius 2 is 1.87 bits per heavy atom. The van der Waals surface area contributed by atoms with E-state index in [-0.39, 0.29) is 6.10 Å². The SMILES string of the molecule is O=C(COC(=O)c1ccccc1SCC1CCCO1)Nc1ccccc1C(F)(F)F. The van der Waals surface area contributed by atoms with Gasteiger partial charge < -0.3 is 14.8 Å². The number of carbonyl (C=O) groups excluding carboxylic acids is 2. The Morgan fingerprint density at radius 1 is 1.13 bits per heavy atom. The van der Waals surface area contributed by atoms with Gasteiger partial charge in [-0.2, -0.15) is 13.2 Å². The van der Waals surface area contributed by atoms with Crippen LogP contribution in [0.3, 0.4) is 0 Å². The molecule has 1 unspecified atom stereocenters. The molecule has 3 rings (SSSR count). The fourth-order valence-electron chi connectivity index (χ4n) is 2.95. The highest BCUT2D eigenvalue weighted by Crippen LogP contribution is 2.34. The average molecular weight is 439 g/mol. The summed E-state index contributed by atoms with van der Waals surface area (Å²) < 4.78 is 49.6. The van der Waals surface area contributed by atoms with Gasteiger partial charge in [0.15, 0.2) is 6.61 Å². The van der Waals surface area contributed by atoms with E-state index in [1.807, 2.05) is 0 Å². The summed E-state index contributed by atoms with van der Waals surface area (Å²) in [7, 11) is 0. The van der Waals surface area contributed by atoms with Crippen molar-refractivity contribution in [2.75, 3.05) is 24.3 Å². The van der Waals surface area contributed by atoms with Gasteiger partial charge in [0.1, 0.15) is 0 Å². The third-order valence-corrected chi connectivity index (χ3v) is 5.60. The van der Waals surface area contributed by atoms with Crippen molar-refractivity contribution in [3.05, 3.63) is 59.7 Å². The third kappa shape index (κ3) is 5.99. The molecule has 1 amide bonds. The largest absolute Gasteiger partial charge is 0.452 e. The average Bonchev–Trinajstić information content (AvgIpc) is 3.24. The molecule has 1 heterocycles. The van der Waals surface area contributed by atoms with Gasteiger partial charge in [-0.15, -0.1) is 11.8 Å². The van der Waals surface area contributed by atoms with Crippen molar-refractivity contribution in [1.29, 1.82) is 0 Å². The summed E-state index contributed by atoms with van der Waals surface area (Å²) >= 11 is 1.46. The molecule has 5 nitrogen and oxygen atoms in total. The van der Waals surface area contributed by atoms with Gasteiger partial charge >= 0.3 is 12.1 Å². The first-order valence-corrected chi connectivity index (χ1v) is 10.3. The molecule has 160 valence electrons. The third-order valence-electron chi connectivity index (χ3n) is 4.40. The Morgan fingerprint density at radius 3 is 2.60 bits per heavy atom. The van der Waals surface area contributed by atoms with Gasteiger partial charge in [0.2, 0.25) is 0 Å². The van der Waals surface area contributed by atoms with E-state index in [1.165, 1.54) is 23.9 Å². The highest BCUT2D eigenvalue weighted by atomic mass is 32.2. The minimum atomic E-state index is -4.61. The number of para-hydroxylation sites is 1. The van der Waals surface area contributed by atoms with Crippen molar-refractivity contribution in [1.82, 2.24) is 0 Å². The maximum absolute atomic E-state index is 13.0. The van der Waals surface area contributed by atoms with Crippen LogP contribution in [0.1, 0.15) is 28.8 Å². The van der Waals surface area contributed by atoms with E-state index in [0.717, 1.165) is 31.6 Å². The zero-order chi connectivity index (χ0) is 21.6. The monoisotopic (exact) mass is 439 g/mol. The summed E-state index contributed by atoms with van der Waals surface area (Å²) in [5.41, 5.74) is -1.07. The van der Waals surface area contributed by atoms with Crippen LogP contribution in [0.2, 0.25) is 0 Å². The van der Waals surface area contributed by atoms with E-state index in [4.69, 9.17) is 9.47 Å². The maximum atomic E-state index is 13.0. The number of amides is 1. The van der Waals surface area contributed by atoms with E-state index >= 15 is 0 Å². The minimum Gasteiger partial charge on any atom is -0.452 e. The van der Waals surface area contributed by atoms with E-state index in [9.17, 15) is 22.8 Å². The molecular formula is C21H20F3NO4S. The lowest BCUT2D eigenvalue weighted by molar-refractivity contribution is -0.137. The molecular weight excluding hydrogens is 419 g/mol. The van der Waals surface area contributed by atoms with E-state index in [0.29, 0.717) is 16.2 Å². The van der Waals surface area contributed by atoms with Crippen LogP contribution in [0.25, 0.3) is 0 Å². The van der Waals surface area contributed by atoms with Gasteiger partial charge in [-0.1, -0.05) is 24.3 Å². The highest BCUT2D eigenvalue weighted by molar-refractivity contribution is 7.99. The number of carbonyl (C=O) groups is 2. The fraction of sp³-hybridized carbons (Fsp3) is 0.333. The lowest BCUT2D eigenvalue weighted by atomic mass is 10.1. The van der Waals surface area contributed by atoms with Crippen molar-refractivity contribution in [2.45, 2.75) is 30.0 Å². The fourth-order valence-corrected chi connectivity index (χ4v) is 4.06. The van der Waals surface area contributed by atoms with Crippen LogP contribution in [-0.2, 0) is 20.4 Å². The number of thioether (sulfide) groups is 1. The Kier molecular flexibility index (Phi) is 7.38. The number of halogens is 3. The number of rotatable bonds is 7. The minimum absolute atomic E-state index is 0.138. The number of hydrogen-bond acceptors (Lipinski definition) is 5. The van der Waals surface area contributed by atoms with Crippen LogP contribution >= 0.6 is 11.8 Å². The summed E-state index contributed by atoms with van der Waals surface area (Å²) in [6, 6.07) is 11.4. The molecule has 1 fully saturated rings. The number of alkyl halides is 3. The van der Waals surface area contributed by atoms with Gasteiger partial charge in [0.05, 0.1) is 22.9 Å². The first kappa shape index (κ1) is 22.2. The molecule has 1 aliphatic rings. The standard InChI is InChI=1S/C21H20F3NO4S/c22-21(23,24)16-8-2-3-9-17(16)25-19(26)12-29-20(27)15-7-1-4-10-18(15)30-13-14-6-5-11-28-14/h1-4,7-10,14H,5-6,11-13H2,(H,25,26). The molecule has 1 aliphatic heterocycles. The van der Waals surface area contributed by atoms with Gasteiger partial charge in [0.25, 0.3) is 5.91 Å². The molecule has 0 saturated carbocycles. The second kappa shape index (κ2) is 9.99. The molecule has 0 aliphatic carbocycles. The summed E-state index contributed by atoms with van der Waals surface area (Å²) in [6.07, 6.45) is -2.49. The summed E-state index contributed by atoms with van der Waals surface area (Å²) in [4.78, 5) is 25.1. The van der Waals surface area contributed by atoms with Gasteiger partial charge in [-0.25, -0.2) is 4.79 Å². The van der Waals surface area contributed by atoms with Gasteiger partial charge in [-0.05, 0) is 37.1 Å². The predicted molar refractivity (Wildman–Crippen MR) is 106 cm³/mol. The van der Waals surface area contributed by atoms with Crippen molar-refractivity contribution in [2.24, 2.45) is 0 Å². The second-order valence-corrected chi connectivity index (χ2v) is 7.67. The topological polar surface area (TPSA) is 64.6 Å². The van der Waals surface area contributed by atoms with E-state index < -0.39 is 35.9 Å². The Hall–Kier alpha value is -2.52. The zero-order valence-electron chi connectivity index (χ0n) is 15.9. The highest BCUT2D eigenvalue weighted by Gasteiger charge is 2.33. The van der Waals surface area contributed by atoms with Crippen molar-refractivity contribution in [3.8, 4) is 0 Å². The normalized spacial score (nSPS) is 16.3. The lowest BCUT2D eigenvalue weighted by Gasteiger charge is -2.14. The van der Waals surface area contributed by atoms with Crippen molar-refractivity contribution >= 4 is 29.3 Å². The van der Waals surface area contributed by atoms with Crippen LogP contribution in [0, 0.1) is 0 Å². The van der Waals surface area contributed by atoms with Crippen LogP contribution in [0.15, 0.2) is 53.4 Å². The van der Waals surface area contributed by atoms with Crippen LogP contribution < -0.4 is 5.32 Å². The number of hydrogen-bond donors (Lipinski definition) is 1. The van der Waals surface area contributed by atoms with Crippen LogP contribution in [0.5, 0.6) is 0 Å². The molecule has 30 heavy (non-hydrogen) atoms.